The standard InChI is InChI=1S/C12H14ClNO/c1-8-2-3-9(7-11(8)13)6-10-4-5-12(15)14-10/h2-3,7,10H,4-6H2,1H3,(H,14,15). The Hall–Kier alpha value is -1.02. The minimum Gasteiger partial charge on any atom is -0.353 e. The molecule has 1 N–H and O–H groups in total. The molecular weight excluding hydrogens is 210 g/mol. The zero-order chi connectivity index (χ0) is 10.8. The second kappa shape index (κ2) is 4.23. The van der Waals surface area contributed by atoms with Gasteiger partial charge in [0, 0.05) is 17.5 Å². The fraction of sp³-hybridized carbons (Fsp3) is 0.417. The van der Waals surface area contributed by atoms with Gasteiger partial charge in [-0.1, -0.05) is 23.7 Å². The molecule has 2 rings (SSSR count). The van der Waals surface area contributed by atoms with Gasteiger partial charge in [-0.2, -0.15) is 0 Å². The Kier molecular flexibility index (Phi) is 2.96. The lowest BCUT2D eigenvalue weighted by atomic mass is 10.0. The number of benzene rings is 1. The maximum atomic E-state index is 11.0. The molecule has 0 spiro atoms. The number of hydrogen-bond acceptors (Lipinski definition) is 1. The van der Waals surface area contributed by atoms with E-state index >= 15 is 0 Å². The van der Waals surface area contributed by atoms with Crippen LogP contribution >= 0.6 is 11.6 Å². The summed E-state index contributed by atoms with van der Waals surface area (Å²) in [5.74, 6) is 0.165. The minimum atomic E-state index is 0.165. The van der Waals surface area contributed by atoms with Gasteiger partial charge in [0.05, 0.1) is 0 Å². The van der Waals surface area contributed by atoms with E-state index in [9.17, 15) is 4.79 Å². The highest BCUT2D eigenvalue weighted by Crippen LogP contribution is 2.19. The molecule has 0 aliphatic carbocycles. The van der Waals surface area contributed by atoms with Crippen LogP contribution in [-0.4, -0.2) is 11.9 Å². The van der Waals surface area contributed by atoms with Crippen molar-refractivity contribution < 1.29 is 4.79 Å². The molecular formula is C12H14ClNO. The van der Waals surface area contributed by atoms with E-state index in [4.69, 9.17) is 11.6 Å². The largest absolute Gasteiger partial charge is 0.353 e. The molecule has 0 saturated carbocycles. The number of hydrogen-bond donors (Lipinski definition) is 1. The number of rotatable bonds is 2. The van der Waals surface area contributed by atoms with Crippen LogP contribution in [0.4, 0.5) is 0 Å². The molecule has 1 fully saturated rings. The van der Waals surface area contributed by atoms with Crippen molar-refractivity contribution in [3.63, 3.8) is 0 Å². The van der Waals surface area contributed by atoms with Crippen molar-refractivity contribution in [3.8, 4) is 0 Å². The van der Waals surface area contributed by atoms with E-state index in [2.05, 4.69) is 11.4 Å². The Balaban J connectivity index is 2.05. The van der Waals surface area contributed by atoms with Gasteiger partial charge >= 0.3 is 0 Å². The van der Waals surface area contributed by atoms with Crippen LogP contribution in [0.1, 0.15) is 24.0 Å². The summed E-state index contributed by atoms with van der Waals surface area (Å²) in [4.78, 5) is 11.0. The van der Waals surface area contributed by atoms with Crippen molar-refractivity contribution >= 4 is 17.5 Å². The van der Waals surface area contributed by atoms with Crippen molar-refractivity contribution in [3.05, 3.63) is 34.3 Å². The van der Waals surface area contributed by atoms with Crippen LogP contribution in [-0.2, 0) is 11.2 Å². The van der Waals surface area contributed by atoms with Gasteiger partial charge in [0.25, 0.3) is 0 Å². The zero-order valence-electron chi connectivity index (χ0n) is 8.72. The lowest BCUT2D eigenvalue weighted by molar-refractivity contribution is -0.119. The summed E-state index contributed by atoms with van der Waals surface area (Å²) in [6.45, 7) is 1.99. The van der Waals surface area contributed by atoms with Crippen LogP contribution in [0.2, 0.25) is 5.02 Å². The Morgan fingerprint density at radius 1 is 1.53 bits per heavy atom. The van der Waals surface area contributed by atoms with Gasteiger partial charge in [-0.25, -0.2) is 0 Å². The predicted octanol–water partition coefficient (Wildman–Crippen LogP) is 2.47. The molecule has 1 unspecified atom stereocenters. The second-order valence-electron chi connectivity index (χ2n) is 4.09. The summed E-state index contributed by atoms with van der Waals surface area (Å²) < 4.78 is 0. The molecule has 0 aromatic heterocycles. The van der Waals surface area contributed by atoms with Gasteiger partial charge in [-0.15, -0.1) is 0 Å². The van der Waals surface area contributed by atoms with Crippen LogP contribution < -0.4 is 5.32 Å². The maximum absolute atomic E-state index is 11.0. The minimum absolute atomic E-state index is 0.165. The van der Waals surface area contributed by atoms with E-state index in [0.717, 1.165) is 23.4 Å². The average Bonchev–Trinajstić information content (AvgIpc) is 2.58. The van der Waals surface area contributed by atoms with Crippen molar-refractivity contribution in [2.24, 2.45) is 0 Å². The van der Waals surface area contributed by atoms with E-state index in [0.29, 0.717) is 6.42 Å². The molecule has 1 aromatic carbocycles. The van der Waals surface area contributed by atoms with Crippen molar-refractivity contribution in [1.29, 1.82) is 0 Å². The van der Waals surface area contributed by atoms with Crippen LogP contribution in [0.15, 0.2) is 18.2 Å². The molecule has 0 bridgehead atoms. The highest BCUT2D eigenvalue weighted by Gasteiger charge is 2.20. The molecule has 0 radical (unpaired) electrons. The summed E-state index contributed by atoms with van der Waals surface area (Å²) in [7, 11) is 0. The number of carbonyl (C=O) groups is 1. The maximum Gasteiger partial charge on any atom is 0.220 e. The molecule has 80 valence electrons. The van der Waals surface area contributed by atoms with Crippen molar-refractivity contribution in [2.75, 3.05) is 0 Å². The molecule has 1 amide bonds. The number of carbonyl (C=O) groups excluding carboxylic acids is 1. The smallest absolute Gasteiger partial charge is 0.220 e. The van der Waals surface area contributed by atoms with E-state index in [-0.39, 0.29) is 11.9 Å². The molecule has 1 saturated heterocycles. The summed E-state index contributed by atoms with van der Waals surface area (Å²) in [5, 5.41) is 3.76. The van der Waals surface area contributed by atoms with Crippen LogP contribution in [0, 0.1) is 6.92 Å². The van der Waals surface area contributed by atoms with Crippen molar-refractivity contribution in [1.82, 2.24) is 5.32 Å². The third kappa shape index (κ3) is 2.51. The van der Waals surface area contributed by atoms with E-state index < -0.39 is 0 Å². The van der Waals surface area contributed by atoms with Gasteiger partial charge in [-0.05, 0) is 37.0 Å². The first-order valence-electron chi connectivity index (χ1n) is 5.19. The van der Waals surface area contributed by atoms with E-state index in [1.165, 1.54) is 5.56 Å². The van der Waals surface area contributed by atoms with Gasteiger partial charge in [0.1, 0.15) is 0 Å². The first-order valence-corrected chi connectivity index (χ1v) is 5.57. The van der Waals surface area contributed by atoms with Crippen LogP contribution in [0.5, 0.6) is 0 Å². The molecule has 15 heavy (non-hydrogen) atoms. The van der Waals surface area contributed by atoms with Crippen molar-refractivity contribution in [2.45, 2.75) is 32.2 Å². The predicted molar refractivity (Wildman–Crippen MR) is 61.1 cm³/mol. The van der Waals surface area contributed by atoms with E-state index in [1.54, 1.807) is 0 Å². The topological polar surface area (TPSA) is 29.1 Å². The monoisotopic (exact) mass is 223 g/mol. The molecule has 1 atom stereocenters. The molecule has 3 heteroatoms. The Morgan fingerprint density at radius 2 is 2.33 bits per heavy atom. The summed E-state index contributed by atoms with van der Waals surface area (Å²) in [6, 6.07) is 6.37. The van der Waals surface area contributed by atoms with Gasteiger partial charge in [0.15, 0.2) is 0 Å². The van der Waals surface area contributed by atoms with Gasteiger partial charge in [-0.3, -0.25) is 4.79 Å². The lowest BCUT2D eigenvalue weighted by Crippen LogP contribution is -2.27. The second-order valence-corrected chi connectivity index (χ2v) is 4.50. The third-order valence-electron chi connectivity index (χ3n) is 2.80. The average molecular weight is 224 g/mol. The van der Waals surface area contributed by atoms with Gasteiger partial charge in [0.2, 0.25) is 5.91 Å². The summed E-state index contributed by atoms with van der Waals surface area (Å²) >= 11 is 6.04. The molecule has 1 aliphatic rings. The van der Waals surface area contributed by atoms with Crippen LogP contribution in [0.25, 0.3) is 0 Å². The normalized spacial score (nSPS) is 20.4. The third-order valence-corrected chi connectivity index (χ3v) is 3.21. The fourth-order valence-electron chi connectivity index (χ4n) is 1.88. The zero-order valence-corrected chi connectivity index (χ0v) is 9.47. The summed E-state index contributed by atoms with van der Waals surface area (Å²) in [6.07, 6.45) is 2.47. The first kappa shape index (κ1) is 10.5. The fourth-order valence-corrected chi connectivity index (χ4v) is 2.08. The highest BCUT2D eigenvalue weighted by molar-refractivity contribution is 6.31. The molecule has 1 aliphatic heterocycles. The Labute approximate surface area is 94.6 Å². The van der Waals surface area contributed by atoms with E-state index in [1.807, 2.05) is 19.1 Å². The first-order chi connectivity index (χ1) is 7.15. The summed E-state index contributed by atoms with van der Waals surface area (Å²) in [5.41, 5.74) is 2.29. The van der Waals surface area contributed by atoms with Crippen LogP contribution in [0.3, 0.4) is 0 Å². The number of aryl methyl sites for hydroxylation is 1. The van der Waals surface area contributed by atoms with Gasteiger partial charge < -0.3 is 5.32 Å². The molecule has 1 aromatic rings. The number of nitrogens with one attached hydrogen (secondary N) is 1. The Bertz CT molecular complexity index is 389. The Morgan fingerprint density at radius 3 is 2.93 bits per heavy atom. The molecule has 1 heterocycles. The molecule has 2 nitrogen and oxygen atoms in total. The SMILES string of the molecule is Cc1ccc(CC2CCC(=O)N2)cc1Cl. The lowest BCUT2D eigenvalue weighted by Gasteiger charge is -2.10. The number of amides is 1. The quantitative estimate of drug-likeness (QED) is 0.820. The highest BCUT2D eigenvalue weighted by atomic mass is 35.5. The number of halogens is 1.